The van der Waals surface area contributed by atoms with Crippen LogP contribution >= 0.6 is 11.6 Å². The van der Waals surface area contributed by atoms with Crippen LogP contribution in [0.1, 0.15) is 18.4 Å². The Morgan fingerprint density at radius 2 is 1.60 bits per heavy atom. The first-order valence-electron chi connectivity index (χ1n) is 7.83. The van der Waals surface area contributed by atoms with Crippen LogP contribution in [0.2, 0.25) is 5.02 Å². The molecule has 0 aliphatic rings. The molecule has 0 spiro atoms. The molecular weight excluding hydrogens is 342 g/mol. The van der Waals surface area contributed by atoms with E-state index in [1.165, 1.54) is 4.90 Å². The number of Topliss-reactive ketones (excluding diaryl/α,β-unsaturated/α-hetero) is 1. The number of ketones is 1. The van der Waals surface area contributed by atoms with Crippen LogP contribution in [0, 0.1) is 0 Å². The van der Waals surface area contributed by atoms with E-state index in [0.29, 0.717) is 23.7 Å². The quantitative estimate of drug-likeness (QED) is 0.579. The van der Waals surface area contributed by atoms with E-state index in [9.17, 15) is 14.4 Å². The fourth-order valence-corrected chi connectivity index (χ4v) is 2.54. The number of rotatable bonds is 8. The molecule has 2 aromatic carbocycles. The van der Waals surface area contributed by atoms with Gasteiger partial charge in [-0.3, -0.25) is 9.59 Å². The molecule has 0 saturated heterocycles. The number of benzene rings is 2. The van der Waals surface area contributed by atoms with E-state index in [1.54, 1.807) is 24.3 Å². The molecule has 0 atom stereocenters. The standard InChI is InChI=1S/C19H18ClNO4/c20-15-8-10-16(11-9-15)21(18(23)13-17(22)19(24)25)12-4-7-14-5-2-1-3-6-14/h1-3,5-6,8-11H,4,7,12-13H2,(H,24,25). The molecule has 0 aliphatic heterocycles. The van der Waals surface area contributed by atoms with Gasteiger partial charge in [0.15, 0.2) is 0 Å². The fraction of sp³-hybridized carbons (Fsp3) is 0.211. The second-order valence-electron chi connectivity index (χ2n) is 5.52. The lowest BCUT2D eigenvalue weighted by molar-refractivity contribution is -0.150. The number of anilines is 1. The Morgan fingerprint density at radius 1 is 0.960 bits per heavy atom. The van der Waals surface area contributed by atoms with Gasteiger partial charge in [0.1, 0.15) is 0 Å². The molecule has 0 saturated carbocycles. The van der Waals surface area contributed by atoms with Gasteiger partial charge in [-0.1, -0.05) is 41.9 Å². The molecule has 0 unspecified atom stereocenters. The highest BCUT2D eigenvalue weighted by Gasteiger charge is 2.22. The highest BCUT2D eigenvalue weighted by Crippen LogP contribution is 2.20. The van der Waals surface area contributed by atoms with E-state index in [2.05, 4.69) is 0 Å². The number of hydrogen-bond donors (Lipinski definition) is 1. The topological polar surface area (TPSA) is 74.7 Å². The summed E-state index contributed by atoms with van der Waals surface area (Å²) in [4.78, 5) is 35.9. The molecule has 0 aliphatic carbocycles. The van der Waals surface area contributed by atoms with Gasteiger partial charge in [0.2, 0.25) is 11.7 Å². The number of hydrogen-bond acceptors (Lipinski definition) is 3. The molecule has 25 heavy (non-hydrogen) atoms. The molecule has 6 heteroatoms. The Hall–Kier alpha value is -2.66. The third-order valence-electron chi connectivity index (χ3n) is 3.68. The van der Waals surface area contributed by atoms with E-state index in [1.807, 2.05) is 30.3 Å². The van der Waals surface area contributed by atoms with Crippen LogP contribution in [0.25, 0.3) is 0 Å². The van der Waals surface area contributed by atoms with Crippen LogP contribution in [0.15, 0.2) is 54.6 Å². The molecule has 0 radical (unpaired) electrons. The number of carboxylic acid groups (broad SMARTS) is 1. The summed E-state index contributed by atoms with van der Waals surface area (Å²) < 4.78 is 0. The van der Waals surface area contributed by atoms with Crippen LogP contribution in [0.3, 0.4) is 0 Å². The minimum Gasteiger partial charge on any atom is -0.475 e. The van der Waals surface area contributed by atoms with Crippen molar-refractivity contribution < 1.29 is 19.5 Å². The van der Waals surface area contributed by atoms with E-state index < -0.39 is 24.1 Å². The number of carbonyl (C=O) groups excluding carboxylic acids is 2. The summed E-state index contributed by atoms with van der Waals surface area (Å²) in [6.45, 7) is 0.377. The Bertz CT molecular complexity index is 744. The molecule has 1 N–H and O–H groups in total. The van der Waals surface area contributed by atoms with Gasteiger partial charge < -0.3 is 10.0 Å². The van der Waals surface area contributed by atoms with Gasteiger partial charge in [0.25, 0.3) is 0 Å². The number of halogens is 1. The molecule has 0 bridgehead atoms. The highest BCUT2D eigenvalue weighted by molar-refractivity contribution is 6.37. The zero-order chi connectivity index (χ0) is 18.2. The van der Waals surface area contributed by atoms with Gasteiger partial charge in [0.05, 0.1) is 6.42 Å². The number of aliphatic carboxylic acids is 1. The highest BCUT2D eigenvalue weighted by atomic mass is 35.5. The maximum Gasteiger partial charge on any atom is 0.372 e. The zero-order valence-electron chi connectivity index (χ0n) is 13.5. The first-order chi connectivity index (χ1) is 12.0. The van der Waals surface area contributed by atoms with E-state index in [-0.39, 0.29) is 0 Å². The summed E-state index contributed by atoms with van der Waals surface area (Å²) in [6, 6.07) is 16.5. The van der Waals surface area contributed by atoms with Gasteiger partial charge in [-0.05, 0) is 42.7 Å². The second-order valence-corrected chi connectivity index (χ2v) is 5.95. The fourth-order valence-electron chi connectivity index (χ4n) is 2.41. The Kier molecular flexibility index (Phi) is 6.71. The largest absolute Gasteiger partial charge is 0.475 e. The molecule has 130 valence electrons. The second kappa shape index (κ2) is 8.99. The predicted octanol–water partition coefficient (Wildman–Crippen LogP) is 3.35. The van der Waals surface area contributed by atoms with Crippen LogP contribution in [0.5, 0.6) is 0 Å². The average molecular weight is 360 g/mol. The smallest absolute Gasteiger partial charge is 0.372 e. The third kappa shape index (κ3) is 5.72. The van der Waals surface area contributed by atoms with Crippen molar-refractivity contribution in [2.45, 2.75) is 19.3 Å². The van der Waals surface area contributed by atoms with Crippen molar-refractivity contribution >= 4 is 34.9 Å². The molecular formula is C19H18ClNO4. The summed E-state index contributed by atoms with van der Waals surface area (Å²) in [5, 5.41) is 9.24. The molecule has 0 fully saturated rings. The maximum absolute atomic E-state index is 12.4. The monoisotopic (exact) mass is 359 g/mol. The Balaban J connectivity index is 2.08. The lowest BCUT2D eigenvalue weighted by atomic mass is 10.1. The van der Waals surface area contributed by atoms with Crippen molar-refractivity contribution in [3.05, 3.63) is 65.2 Å². The van der Waals surface area contributed by atoms with Crippen LogP contribution in [-0.2, 0) is 20.8 Å². The van der Waals surface area contributed by atoms with E-state index in [0.717, 1.165) is 12.0 Å². The normalized spacial score (nSPS) is 10.3. The van der Waals surface area contributed by atoms with Crippen molar-refractivity contribution in [3.63, 3.8) is 0 Å². The summed E-state index contributed by atoms with van der Waals surface area (Å²) in [6.07, 6.45) is 0.786. The summed E-state index contributed by atoms with van der Waals surface area (Å²) >= 11 is 5.87. The SMILES string of the molecule is O=C(O)C(=O)CC(=O)N(CCCc1ccccc1)c1ccc(Cl)cc1. The zero-order valence-corrected chi connectivity index (χ0v) is 14.3. The first-order valence-corrected chi connectivity index (χ1v) is 8.21. The average Bonchev–Trinajstić information content (AvgIpc) is 2.60. The van der Waals surface area contributed by atoms with Crippen molar-refractivity contribution in [1.29, 1.82) is 0 Å². The van der Waals surface area contributed by atoms with Gasteiger partial charge >= 0.3 is 5.97 Å². The lowest BCUT2D eigenvalue weighted by Gasteiger charge is -2.22. The van der Waals surface area contributed by atoms with E-state index in [4.69, 9.17) is 16.7 Å². The number of amides is 1. The van der Waals surface area contributed by atoms with Crippen LogP contribution < -0.4 is 4.90 Å². The molecule has 1 amide bonds. The number of nitrogens with zero attached hydrogens (tertiary/aromatic N) is 1. The van der Waals surface area contributed by atoms with Crippen molar-refractivity contribution in [1.82, 2.24) is 0 Å². The maximum atomic E-state index is 12.4. The lowest BCUT2D eigenvalue weighted by Crippen LogP contribution is -2.35. The molecule has 0 aromatic heterocycles. The van der Waals surface area contributed by atoms with Gasteiger partial charge in [-0.2, -0.15) is 0 Å². The summed E-state index contributed by atoms with van der Waals surface area (Å²) in [5.74, 6) is -3.26. The van der Waals surface area contributed by atoms with Crippen molar-refractivity contribution in [2.24, 2.45) is 0 Å². The van der Waals surface area contributed by atoms with Gasteiger partial charge in [0, 0.05) is 17.3 Å². The molecule has 5 nitrogen and oxygen atoms in total. The number of aryl methyl sites for hydroxylation is 1. The summed E-state index contributed by atoms with van der Waals surface area (Å²) in [5.41, 5.74) is 1.73. The van der Waals surface area contributed by atoms with Crippen molar-refractivity contribution in [2.75, 3.05) is 11.4 Å². The minimum absolute atomic E-state index is 0.377. The minimum atomic E-state index is -1.60. The van der Waals surface area contributed by atoms with Gasteiger partial charge in [-0.25, -0.2) is 4.79 Å². The van der Waals surface area contributed by atoms with Crippen molar-refractivity contribution in [3.8, 4) is 0 Å². The Labute approximate surface area is 150 Å². The molecule has 2 aromatic rings. The molecule has 0 heterocycles. The number of carboxylic acids is 1. The summed E-state index contributed by atoms with van der Waals surface area (Å²) in [7, 11) is 0. The van der Waals surface area contributed by atoms with E-state index >= 15 is 0 Å². The Morgan fingerprint density at radius 3 is 2.20 bits per heavy atom. The third-order valence-corrected chi connectivity index (χ3v) is 3.93. The van der Waals surface area contributed by atoms with Gasteiger partial charge in [-0.15, -0.1) is 0 Å². The number of carbonyl (C=O) groups is 3. The van der Waals surface area contributed by atoms with Crippen LogP contribution in [-0.4, -0.2) is 29.3 Å². The molecule has 2 rings (SSSR count). The predicted molar refractivity (Wildman–Crippen MR) is 95.8 cm³/mol. The first kappa shape index (κ1) is 18.7. The van der Waals surface area contributed by atoms with Crippen LogP contribution in [0.4, 0.5) is 5.69 Å².